The van der Waals surface area contributed by atoms with Crippen molar-refractivity contribution in [3.8, 4) is 11.5 Å². The SMILES string of the molecule is Nc1nccc(-c2cc(C(COC=O)c3ccccc3)co2)n1. The minimum absolute atomic E-state index is 0.113. The standard InChI is InChI=1S/C17H15N3O3/c18-17-19-7-6-15(20-17)16-8-13(9-23-16)14(10-22-11-21)12-4-2-1-3-5-12/h1-9,11,14H,10H2,(H2,18,19,20). The zero-order chi connectivity index (χ0) is 16.1. The molecule has 2 heterocycles. The van der Waals surface area contributed by atoms with Gasteiger partial charge in [-0.25, -0.2) is 9.97 Å². The van der Waals surface area contributed by atoms with Crippen LogP contribution in [0.25, 0.3) is 11.5 Å². The Kier molecular flexibility index (Phi) is 4.33. The largest absolute Gasteiger partial charge is 0.467 e. The van der Waals surface area contributed by atoms with Gasteiger partial charge in [0.1, 0.15) is 12.3 Å². The molecular weight excluding hydrogens is 294 g/mol. The number of rotatable bonds is 6. The topological polar surface area (TPSA) is 91.2 Å². The van der Waals surface area contributed by atoms with E-state index in [1.165, 1.54) is 0 Å². The molecule has 0 saturated carbocycles. The molecule has 0 radical (unpaired) electrons. The van der Waals surface area contributed by atoms with Crippen molar-refractivity contribution in [2.75, 3.05) is 12.3 Å². The highest BCUT2D eigenvalue weighted by atomic mass is 16.5. The molecule has 3 rings (SSSR count). The van der Waals surface area contributed by atoms with Crippen molar-refractivity contribution in [2.45, 2.75) is 5.92 Å². The highest BCUT2D eigenvalue weighted by Crippen LogP contribution is 2.30. The monoisotopic (exact) mass is 309 g/mol. The average Bonchev–Trinajstić information content (AvgIpc) is 3.06. The number of hydrogen-bond donors (Lipinski definition) is 1. The van der Waals surface area contributed by atoms with Crippen molar-refractivity contribution in [1.29, 1.82) is 0 Å². The van der Waals surface area contributed by atoms with Crippen molar-refractivity contribution < 1.29 is 13.9 Å². The second kappa shape index (κ2) is 6.74. The number of carbonyl (C=O) groups excluding carboxylic acids is 1. The van der Waals surface area contributed by atoms with Gasteiger partial charge in [0, 0.05) is 17.7 Å². The number of benzene rings is 1. The number of nitrogen functional groups attached to an aromatic ring is 1. The van der Waals surface area contributed by atoms with E-state index in [9.17, 15) is 4.79 Å². The van der Waals surface area contributed by atoms with Crippen molar-refractivity contribution >= 4 is 12.4 Å². The van der Waals surface area contributed by atoms with Gasteiger partial charge < -0.3 is 14.9 Å². The minimum atomic E-state index is -0.113. The first-order chi connectivity index (χ1) is 11.3. The Bertz CT molecular complexity index is 787. The van der Waals surface area contributed by atoms with E-state index in [1.54, 1.807) is 18.5 Å². The highest BCUT2D eigenvalue weighted by molar-refractivity contribution is 5.55. The molecule has 1 unspecified atom stereocenters. The van der Waals surface area contributed by atoms with Crippen molar-refractivity contribution in [3.63, 3.8) is 0 Å². The maximum Gasteiger partial charge on any atom is 0.293 e. The van der Waals surface area contributed by atoms with Gasteiger partial charge in [-0.15, -0.1) is 0 Å². The fraction of sp³-hybridized carbons (Fsp3) is 0.118. The maximum atomic E-state index is 10.6. The van der Waals surface area contributed by atoms with E-state index in [0.717, 1.165) is 11.1 Å². The Morgan fingerprint density at radius 3 is 2.78 bits per heavy atom. The summed E-state index contributed by atoms with van der Waals surface area (Å²) in [4.78, 5) is 18.6. The number of carbonyl (C=O) groups is 1. The van der Waals surface area contributed by atoms with Gasteiger partial charge in [0.2, 0.25) is 5.95 Å². The average molecular weight is 309 g/mol. The molecule has 116 valence electrons. The van der Waals surface area contributed by atoms with E-state index in [1.807, 2.05) is 36.4 Å². The summed E-state index contributed by atoms with van der Waals surface area (Å²) in [5, 5.41) is 0. The molecule has 0 amide bonds. The first-order valence-corrected chi connectivity index (χ1v) is 7.05. The van der Waals surface area contributed by atoms with Gasteiger partial charge in [-0.05, 0) is 17.7 Å². The minimum Gasteiger partial charge on any atom is -0.467 e. The summed E-state index contributed by atoms with van der Waals surface area (Å²) in [6.07, 6.45) is 3.21. The van der Waals surface area contributed by atoms with Gasteiger partial charge >= 0.3 is 0 Å². The fourth-order valence-corrected chi connectivity index (χ4v) is 2.38. The summed E-state index contributed by atoms with van der Waals surface area (Å²) in [5.41, 5.74) is 8.13. The van der Waals surface area contributed by atoms with Gasteiger partial charge in [-0.2, -0.15) is 0 Å². The Balaban J connectivity index is 1.93. The lowest BCUT2D eigenvalue weighted by Crippen LogP contribution is -2.08. The third kappa shape index (κ3) is 3.37. The van der Waals surface area contributed by atoms with Gasteiger partial charge in [0.05, 0.1) is 6.26 Å². The zero-order valence-electron chi connectivity index (χ0n) is 12.3. The van der Waals surface area contributed by atoms with Crippen LogP contribution in [0.5, 0.6) is 0 Å². The first kappa shape index (κ1) is 14.8. The lowest BCUT2D eigenvalue weighted by molar-refractivity contribution is -0.128. The highest BCUT2D eigenvalue weighted by Gasteiger charge is 2.18. The van der Waals surface area contributed by atoms with Crippen LogP contribution in [0.1, 0.15) is 17.0 Å². The number of nitrogens with zero attached hydrogens (tertiary/aromatic N) is 2. The van der Waals surface area contributed by atoms with Gasteiger partial charge in [0.15, 0.2) is 5.76 Å². The molecule has 6 nitrogen and oxygen atoms in total. The Hall–Kier alpha value is -3.15. The predicted octanol–water partition coefficient (Wildman–Crippen LogP) is 2.62. The predicted molar refractivity (Wildman–Crippen MR) is 84.4 cm³/mol. The van der Waals surface area contributed by atoms with E-state index in [2.05, 4.69) is 9.97 Å². The van der Waals surface area contributed by atoms with Crippen molar-refractivity contribution in [1.82, 2.24) is 9.97 Å². The molecule has 1 aromatic carbocycles. The summed E-state index contributed by atoms with van der Waals surface area (Å²) in [7, 11) is 0. The van der Waals surface area contributed by atoms with Crippen LogP contribution >= 0.6 is 0 Å². The molecule has 0 aliphatic heterocycles. The van der Waals surface area contributed by atoms with Crippen LogP contribution in [-0.2, 0) is 9.53 Å². The summed E-state index contributed by atoms with van der Waals surface area (Å²) in [6, 6.07) is 13.4. The first-order valence-electron chi connectivity index (χ1n) is 7.05. The van der Waals surface area contributed by atoms with E-state index in [-0.39, 0.29) is 18.5 Å². The molecule has 0 aliphatic carbocycles. The molecule has 0 bridgehead atoms. The number of hydrogen-bond acceptors (Lipinski definition) is 6. The van der Waals surface area contributed by atoms with Crippen LogP contribution in [0.15, 0.2) is 59.3 Å². The lowest BCUT2D eigenvalue weighted by Gasteiger charge is -2.14. The van der Waals surface area contributed by atoms with Crippen LogP contribution in [0.4, 0.5) is 5.95 Å². The molecule has 3 aromatic rings. The third-order valence-corrected chi connectivity index (χ3v) is 3.48. The van der Waals surface area contributed by atoms with Gasteiger partial charge in [-0.3, -0.25) is 4.79 Å². The number of anilines is 1. The molecule has 0 fully saturated rings. The quantitative estimate of drug-likeness (QED) is 0.704. The van der Waals surface area contributed by atoms with Crippen LogP contribution in [0, 0.1) is 0 Å². The molecule has 0 aliphatic rings. The molecule has 23 heavy (non-hydrogen) atoms. The maximum absolute atomic E-state index is 10.6. The van der Waals surface area contributed by atoms with Crippen molar-refractivity contribution in [2.24, 2.45) is 0 Å². The van der Waals surface area contributed by atoms with Gasteiger partial charge in [-0.1, -0.05) is 30.3 Å². The van der Waals surface area contributed by atoms with E-state index >= 15 is 0 Å². The Labute approximate surface area is 132 Å². The Morgan fingerprint density at radius 1 is 1.22 bits per heavy atom. The molecule has 0 saturated heterocycles. The lowest BCUT2D eigenvalue weighted by atomic mass is 9.94. The van der Waals surface area contributed by atoms with E-state index in [0.29, 0.717) is 17.9 Å². The second-order valence-corrected chi connectivity index (χ2v) is 4.94. The fourth-order valence-electron chi connectivity index (χ4n) is 2.38. The number of ether oxygens (including phenoxy) is 1. The third-order valence-electron chi connectivity index (χ3n) is 3.48. The molecule has 0 spiro atoms. The van der Waals surface area contributed by atoms with Crippen LogP contribution in [0.2, 0.25) is 0 Å². The van der Waals surface area contributed by atoms with Crippen molar-refractivity contribution in [3.05, 3.63) is 66.1 Å². The van der Waals surface area contributed by atoms with Crippen LogP contribution in [-0.4, -0.2) is 23.0 Å². The van der Waals surface area contributed by atoms with E-state index < -0.39 is 0 Å². The van der Waals surface area contributed by atoms with E-state index in [4.69, 9.17) is 14.9 Å². The van der Waals surface area contributed by atoms with Gasteiger partial charge in [0.25, 0.3) is 6.47 Å². The summed E-state index contributed by atoms with van der Waals surface area (Å²) < 4.78 is 10.6. The molecular formula is C17H15N3O3. The number of aromatic nitrogens is 2. The molecule has 2 N–H and O–H groups in total. The number of furan rings is 1. The second-order valence-electron chi connectivity index (χ2n) is 4.94. The molecule has 1 atom stereocenters. The Morgan fingerprint density at radius 2 is 2.04 bits per heavy atom. The molecule has 6 heteroatoms. The summed E-state index contributed by atoms with van der Waals surface area (Å²) in [6.45, 7) is 0.681. The normalized spacial score (nSPS) is 11.8. The summed E-state index contributed by atoms with van der Waals surface area (Å²) >= 11 is 0. The van der Waals surface area contributed by atoms with Crippen LogP contribution < -0.4 is 5.73 Å². The number of nitrogens with two attached hydrogens (primary N) is 1. The zero-order valence-corrected chi connectivity index (χ0v) is 12.3. The smallest absolute Gasteiger partial charge is 0.293 e. The summed E-state index contributed by atoms with van der Waals surface area (Å²) in [5.74, 6) is 0.656. The molecule has 2 aromatic heterocycles. The van der Waals surface area contributed by atoms with Crippen LogP contribution in [0.3, 0.4) is 0 Å².